The summed E-state index contributed by atoms with van der Waals surface area (Å²) in [5, 5.41) is 14.6. The number of nitrogens with one attached hydrogen (secondary N) is 1. The van der Waals surface area contributed by atoms with E-state index >= 15 is 0 Å². The molecular weight excluding hydrogens is 438 g/mol. The molecule has 1 saturated heterocycles. The van der Waals surface area contributed by atoms with Crippen molar-refractivity contribution in [3.05, 3.63) is 71.7 Å². The van der Waals surface area contributed by atoms with Crippen LogP contribution in [-0.4, -0.2) is 53.6 Å². The van der Waals surface area contributed by atoms with Crippen molar-refractivity contribution in [2.75, 3.05) is 36.5 Å². The van der Waals surface area contributed by atoms with Crippen molar-refractivity contribution in [1.82, 2.24) is 9.97 Å². The summed E-state index contributed by atoms with van der Waals surface area (Å²) in [6.07, 6.45) is 3.33. The third kappa shape index (κ3) is 6.30. The van der Waals surface area contributed by atoms with Crippen molar-refractivity contribution in [2.45, 2.75) is 23.3 Å². The van der Waals surface area contributed by atoms with Gasteiger partial charge in [-0.3, -0.25) is 4.79 Å². The van der Waals surface area contributed by atoms with E-state index in [1.165, 1.54) is 11.3 Å². The standard InChI is InChI=1S/C24H25N5O3S/c1-17-15-25-22(14-18-2-6-20(7-3-18)29-10-12-32-13-11-29)28-24(17)33-21-8-4-19(5-9-21)27-23(30)16-26-31/h2-9,15-16,31H,10-14H2,1H3,(H,27,30)/b26-16+. The monoisotopic (exact) mass is 463 g/mol. The minimum Gasteiger partial charge on any atom is -0.411 e. The highest BCUT2D eigenvalue weighted by Crippen LogP contribution is 2.29. The maximum Gasteiger partial charge on any atom is 0.270 e. The lowest BCUT2D eigenvalue weighted by atomic mass is 10.1. The molecule has 170 valence electrons. The molecule has 33 heavy (non-hydrogen) atoms. The average molecular weight is 464 g/mol. The first-order chi connectivity index (χ1) is 16.1. The number of rotatable bonds is 7. The van der Waals surface area contributed by atoms with Crippen molar-refractivity contribution >= 4 is 35.3 Å². The number of anilines is 2. The lowest BCUT2D eigenvalue weighted by Gasteiger charge is -2.28. The van der Waals surface area contributed by atoms with Gasteiger partial charge >= 0.3 is 0 Å². The summed E-state index contributed by atoms with van der Waals surface area (Å²) in [5.74, 6) is 0.279. The lowest BCUT2D eigenvalue weighted by molar-refractivity contribution is -0.110. The maximum absolute atomic E-state index is 11.5. The number of nitrogens with zero attached hydrogens (tertiary/aromatic N) is 4. The fourth-order valence-electron chi connectivity index (χ4n) is 3.42. The number of amides is 1. The highest BCUT2D eigenvalue weighted by atomic mass is 32.2. The molecule has 1 amide bonds. The van der Waals surface area contributed by atoms with Gasteiger partial charge in [0.05, 0.1) is 13.2 Å². The first-order valence-electron chi connectivity index (χ1n) is 10.6. The number of aryl methyl sites for hydroxylation is 1. The van der Waals surface area contributed by atoms with Crippen LogP contribution in [0.25, 0.3) is 0 Å². The summed E-state index contributed by atoms with van der Waals surface area (Å²) in [4.78, 5) is 24.1. The summed E-state index contributed by atoms with van der Waals surface area (Å²) in [7, 11) is 0. The Morgan fingerprint density at radius 2 is 1.91 bits per heavy atom. The topological polar surface area (TPSA) is 99.9 Å². The molecular formula is C24H25N5O3S. The van der Waals surface area contributed by atoms with Gasteiger partial charge in [-0.2, -0.15) is 0 Å². The molecule has 8 nitrogen and oxygen atoms in total. The molecule has 9 heteroatoms. The number of hydrogen-bond donors (Lipinski definition) is 2. The molecule has 2 N–H and O–H groups in total. The molecule has 0 unspecified atom stereocenters. The van der Waals surface area contributed by atoms with E-state index < -0.39 is 5.91 Å². The van der Waals surface area contributed by atoms with Gasteiger partial charge in [0.15, 0.2) is 0 Å². The molecule has 2 heterocycles. The van der Waals surface area contributed by atoms with Gasteiger partial charge in [-0.25, -0.2) is 9.97 Å². The molecule has 2 aromatic carbocycles. The van der Waals surface area contributed by atoms with E-state index in [0.717, 1.165) is 53.8 Å². The van der Waals surface area contributed by atoms with Gasteiger partial charge < -0.3 is 20.2 Å². The van der Waals surface area contributed by atoms with E-state index in [0.29, 0.717) is 12.1 Å². The Hall–Kier alpha value is -3.43. The second-order valence-electron chi connectivity index (χ2n) is 7.58. The van der Waals surface area contributed by atoms with E-state index in [2.05, 4.69) is 44.6 Å². The summed E-state index contributed by atoms with van der Waals surface area (Å²) >= 11 is 1.55. The van der Waals surface area contributed by atoms with Gasteiger partial charge in [-0.15, -0.1) is 0 Å². The molecule has 0 aliphatic carbocycles. The number of benzene rings is 2. The molecule has 0 spiro atoms. The highest BCUT2D eigenvalue weighted by Gasteiger charge is 2.12. The number of carbonyl (C=O) groups excluding carboxylic acids is 1. The van der Waals surface area contributed by atoms with Gasteiger partial charge in [0, 0.05) is 42.0 Å². The minimum atomic E-state index is -0.493. The van der Waals surface area contributed by atoms with Gasteiger partial charge in [0.1, 0.15) is 17.1 Å². The van der Waals surface area contributed by atoms with Gasteiger partial charge in [-0.1, -0.05) is 29.1 Å². The number of oxime groups is 1. The fraction of sp³-hybridized carbons (Fsp3) is 0.250. The van der Waals surface area contributed by atoms with Crippen LogP contribution in [-0.2, 0) is 16.0 Å². The molecule has 1 aromatic heterocycles. The smallest absolute Gasteiger partial charge is 0.270 e. The summed E-state index contributed by atoms with van der Waals surface area (Å²) < 4.78 is 5.43. The van der Waals surface area contributed by atoms with Crippen molar-refractivity contribution < 1.29 is 14.7 Å². The van der Waals surface area contributed by atoms with Crippen molar-refractivity contribution in [3.8, 4) is 0 Å². The zero-order valence-corrected chi connectivity index (χ0v) is 19.1. The summed E-state index contributed by atoms with van der Waals surface area (Å²) in [6.45, 7) is 5.38. The number of morpholine rings is 1. The summed E-state index contributed by atoms with van der Waals surface area (Å²) in [5.41, 5.74) is 4.00. The third-order valence-corrected chi connectivity index (χ3v) is 6.28. The lowest BCUT2D eigenvalue weighted by Crippen LogP contribution is -2.36. The SMILES string of the molecule is Cc1cnc(Cc2ccc(N3CCOCC3)cc2)nc1Sc1ccc(NC(=O)/C=N/O)cc1. The Morgan fingerprint density at radius 3 is 2.61 bits per heavy atom. The largest absolute Gasteiger partial charge is 0.411 e. The Labute approximate surface area is 196 Å². The van der Waals surface area contributed by atoms with E-state index in [4.69, 9.17) is 14.9 Å². The maximum atomic E-state index is 11.5. The molecule has 3 aromatic rings. The Balaban J connectivity index is 1.41. The summed E-state index contributed by atoms with van der Waals surface area (Å²) in [6, 6.07) is 16.0. The second-order valence-corrected chi connectivity index (χ2v) is 8.64. The van der Waals surface area contributed by atoms with Gasteiger partial charge in [0.2, 0.25) is 0 Å². The molecule has 1 aliphatic rings. The van der Waals surface area contributed by atoms with Crippen LogP contribution in [0, 0.1) is 6.92 Å². The molecule has 0 atom stereocenters. The second kappa shape index (κ2) is 10.9. The predicted octanol–water partition coefficient (Wildman–Crippen LogP) is 3.76. The zero-order valence-electron chi connectivity index (χ0n) is 18.3. The number of ether oxygens (including phenoxy) is 1. The van der Waals surface area contributed by atoms with Crippen LogP contribution in [0.3, 0.4) is 0 Å². The van der Waals surface area contributed by atoms with Crippen LogP contribution in [0.2, 0.25) is 0 Å². The van der Waals surface area contributed by atoms with Crippen molar-refractivity contribution in [2.24, 2.45) is 5.16 Å². The number of aromatic nitrogens is 2. The van der Waals surface area contributed by atoms with Crippen LogP contribution < -0.4 is 10.2 Å². The Morgan fingerprint density at radius 1 is 1.18 bits per heavy atom. The van der Waals surface area contributed by atoms with E-state index in [-0.39, 0.29) is 0 Å². The minimum absolute atomic E-state index is 0.493. The first-order valence-corrected chi connectivity index (χ1v) is 11.4. The Bertz CT molecular complexity index is 1110. The molecule has 4 rings (SSSR count). The van der Waals surface area contributed by atoms with Crippen molar-refractivity contribution in [1.29, 1.82) is 0 Å². The fourth-order valence-corrected chi connectivity index (χ4v) is 4.28. The van der Waals surface area contributed by atoms with E-state index in [9.17, 15) is 4.79 Å². The highest BCUT2D eigenvalue weighted by molar-refractivity contribution is 7.99. The molecule has 1 aliphatic heterocycles. The number of hydrogen-bond acceptors (Lipinski definition) is 8. The first kappa shape index (κ1) is 22.8. The third-order valence-electron chi connectivity index (χ3n) is 5.16. The molecule has 1 fully saturated rings. The van der Waals surface area contributed by atoms with Crippen LogP contribution in [0.15, 0.2) is 69.8 Å². The van der Waals surface area contributed by atoms with Crippen LogP contribution in [0.1, 0.15) is 17.0 Å². The van der Waals surface area contributed by atoms with Crippen molar-refractivity contribution in [3.63, 3.8) is 0 Å². The van der Waals surface area contributed by atoms with Crippen LogP contribution in [0.4, 0.5) is 11.4 Å². The van der Waals surface area contributed by atoms with E-state index in [1.54, 1.807) is 23.9 Å². The van der Waals surface area contributed by atoms with Crippen LogP contribution >= 0.6 is 11.8 Å². The van der Waals surface area contributed by atoms with Gasteiger partial charge in [0.25, 0.3) is 5.91 Å². The Kier molecular flexibility index (Phi) is 7.54. The normalized spacial score (nSPS) is 13.9. The molecule has 0 saturated carbocycles. The molecule has 0 radical (unpaired) electrons. The van der Waals surface area contributed by atoms with Crippen LogP contribution in [0.5, 0.6) is 0 Å². The predicted molar refractivity (Wildman–Crippen MR) is 129 cm³/mol. The van der Waals surface area contributed by atoms with Gasteiger partial charge in [-0.05, 0) is 54.4 Å². The number of carbonyl (C=O) groups is 1. The average Bonchev–Trinajstić information content (AvgIpc) is 2.84. The quantitative estimate of drug-likeness (QED) is 0.238. The van der Waals surface area contributed by atoms with E-state index in [1.807, 2.05) is 25.3 Å². The molecule has 0 bridgehead atoms. The zero-order chi connectivity index (χ0) is 23.0.